The SMILES string of the molecule is COc1ccc(/C=C\C(=O)NC(=S)N2CCN(Cc3ccccc3)CC2)cc1. The molecule has 1 heterocycles. The molecule has 0 aliphatic carbocycles. The highest BCUT2D eigenvalue weighted by Gasteiger charge is 2.19. The fourth-order valence-corrected chi connectivity index (χ4v) is 3.35. The summed E-state index contributed by atoms with van der Waals surface area (Å²) < 4.78 is 5.13. The molecule has 0 atom stereocenters. The van der Waals surface area contributed by atoms with Gasteiger partial charge in [-0.2, -0.15) is 0 Å². The summed E-state index contributed by atoms with van der Waals surface area (Å²) in [6.45, 7) is 4.42. The highest BCUT2D eigenvalue weighted by atomic mass is 32.1. The van der Waals surface area contributed by atoms with Crippen LogP contribution in [0.1, 0.15) is 11.1 Å². The lowest BCUT2D eigenvalue weighted by Gasteiger charge is -2.35. The first-order chi connectivity index (χ1) is 13.6. The van der Waals surface area contributed by atoms with E-state index in [1.807, 2.05) is 30.3 Å². The van der Waals surface area contributed by atoms with Crippen molar-refractivity contribution in [3.63, 3.8) is 0 Å². The van der Waals surface area contributed by atoms with Crippen LogP contribution >= 0.6 is 12.2 Å². The van der Waals surface area contributed by atoms with Crippen LogP contribution in [-0.4, -0.2) is 54.1 Å². The lowest BCUT2D eigenvalue weighted by Crippen LogP contribution is -2.52. The Labute approximate surface area is 171 Å². The molecule has 1 aliphatic heterocycles. The number of hydrogen-bond donors (Lipinski definition) is 1. The van der Waals surface area contributed by atoms with Gasteiger partial charge in [0.25, 0.3) is 0 Å². The predicted octanol–water partition coefficient (Wildman–Crippen LogP) is 2.93. The van der Waals surface area contributed by atoms with Crippen LogP contribution in [-0.2, 0) is 11.3 Å². The van der Waals surface area contributed by atoms with Crippen LogP contribution in [0.2, 0.25) is 0 Å². The first-order valence-electron chi connectivity index (χ1n) is 9.32. The molecule has 0 aromatic heterocycles. The Hall–Kier alpha value is -2.70. The van der Waals surface area contributed by atoms with Crippen LogP contribution in [0.3, 0.4) is 0 Å². The van der Waals surface area contributed by atoms with E-state index in [1.165, 1.54) is 11.6 Å². The molecule has 2 aromatic rings. The zero-order chi connectivity index (χ0) is 19.8. The summed E-state index contributed by atoms with van der Waals surface area (Å²) in [5, 5.41) is 3.28. The Morgan fingerprint density at radius 2 is 1.75 bits per heavy atom. The van der Waals surface area contributed by atoms with E-state index in [0.29, 0.717) is 5.11 Å². The van der Waals surface area contributed by atoms with E-state index in [0.717, 1.165) is 44.0 Å². The van der Waals surface area contributed by atoms with Crippen LogP contribution < -0.4 is 10.1 Å². The second-order valence-electron chi connectivity index (χ2n) is 6.65. The summed E-state index contributed by atoms with van der Waals surface area (Å²) in [4.78, 5) is 16.6. The fraction of sp³-hybridized carbons (Fsp3) is 0.273. The minimum absolute atomic E-state index is 0.215. The van der Waals surface area contributed by atoms with Crippen molar-refractivity contribution in [2.75, 3.05) is 33.3 Å². The Morgan fingerprint density at radius 1 is 1.07 bits per heavy atom. The third-order valence-corrected chi connectivity index (χ3v) is 5.04. The number of carbonyl (C=O) groups excluding carboxylic acids is 1. The van der Waals surface area contributed by atoms with Crippen LogP contribution in [0.15, 0.2) is 60.7 Å². The first-order valence-corrected chi connectivity index (χ1v) is 9.73. The molecule has 0 unspecified atom stereocenters. The molecule has 1 fully saturated rings. The van der Waals surface area contributed by atoms with Gasteiger partial charge in [-0.1, -0.05) is 42.5 Å². The van der Waals surface area contributed by atoms with E-state index < -0.39 is 0 Å². The molecule has 0 bridgehead atoms. The lowest BCUT2D eigenvalue weighted by molar-refractivity contribution is -0.115. The smallest absolute Gasteiger partial charge is 0.250 e. The average molecular weight is 396 g/mol. The topological polar surface area (TPSA) is 44.8 Å². The van der Waals surface area contributed by atoms with Gasteiger partial charge in [0, 0.05) is 38.8 Å². The van der Waals surface area contributed by atoms with Gasteiger partial charge in [0.05, 0.1) is 7.11 Å². The van der Waals surface area contributed by atoms with Gasteiger partial charge in [-0.05, 0) is 41.6 Å². The Bertz CT molecular complexity index is 813. The van der Waals surface area contributed by atoms with Gasteiger partial charge >= 0.3 is 0 Å². The van der Waals surface area contributed by atoms with Crippen molar-refractivity contribution in [3.8, 4) is 5.75 Å². The third kappa shape index (κ3) is 5.90. The largest absolute Gasteiger partial charge is 0.497 e. The van der Waals surface area contributed by atoms with Gasteiger partial charge in [0.1, 0.15) is 5.75 Å². The van der Waals surface area contributed by atoms with Crippen LogP contribution in [0.4, 0.5) is 0 Å². The molecule has 1 N–H and O–H groups in total. The Morgan fingerprint density at radius 3 is 2.39 bits per heavy atom. The number of piperazine rings is 1. The van der Waals surface area contributed by atoms with E-state index in [4.69, 9.17) is 17.0 Å². The second-order valence-corrected chi connectivity index (χ2v) is 7.04. The monoisotopic (exact) mass is 395 g/mol. The van der Waals surface area contributed by atoms with Crippen molar-refractivity contribution < 1.29 is 9.53 Å². The molecule has 5 nitrogen and oxygen atoms in total. The molecule has 0 saturated carbocycles. The number of nitrogens with one attached hydrogen (secondary N) is 1. The normalized spacial score (nSPS) is 14.8. The van der Waals surface area contributed by atoms with Crippen molar-refractivity contribution in [3.05, 3.63) is 71.8 Å². The summed E-state index contributed by atoms with van der Waals surface area (Å²) >= 11 is 5.41. The maximum atomic E-state index is 12.2. The maximum absolute atomic E-state index is 12.2. The first kappa shape index (κ1) is 20.0. The molecular formula is C22H25N3O2S. The van der Waals surface area contributed by atoms with Gasteiger partial charge in [-0.3, -0.25) is 15.0 Å². The van der Waals surface area contributed by atoms with Gasteiger partial charge in [-0.25, -0.2) is 0 Å². The van der Waals surface area contributed by atoms with E-state index >= 15 is 0 Å². The van der Waals surface area contributed by atoms with Crippen molar-refractivity contribution in [1.29, 1.82) is 0 Å². The van der Waals surface area contributed by atoms with Crippen molar-refractivity contribution in [2.45, 2.75) is 6.54 Å². The zero-order valence-electron chi connectivity index (χ0n) is 16.0. The van der Waals surface area contributed by atoms with Gasteiger partial charge < -0.3 is 9.64 Å². The molecule has 1 aliphatic rings. The summed E-state index contributed by atoms with van der Waals surface area (Å²) in [7, 11) is 1.63. The minimum Gasteiger partial charge on any atom is -0.497 e. The number of rotatable bonds is 5. The number of benzene rings is 2. The van der Waals surface area contributed by atoms with E-state index in [2.05, 4.69) is 39.4 Å². The Balaban J connectivity index is 1.43. The number of amides is 1. The quantitative estimate of drug-likeness (QED) is 0.623. The number of thiocarbonyl (C=S) groups is 1. The summed E-state index contributed by atoms with van der Waals surface area (Å²) in [5.41, 5.74) is 2.24. The summed E-state index contributed by atoms with van der Waals surface area (Å²) in [6, 6.07) is 18.0. The summed E-state index contributed by atoms with van der Waals surface area (Å²) in [6.07, 6.45) is 3.26. The molecule has 28 heavy (non-hydrogen) atoms. The molecule has 1 saturated heterocycles. The standard InChI is InChI=1S/C22H25N3O2S/c1-27-20-10-7-18(8-11-20)9-12-21(26)23-22(28)25-15-13-24(14-16-25)17-19-5-3-2-4-6-19/h2-12H,13-17H2,1H3,(H,23,26,28)/b12-9-. The highest BCUT2D eigenvalue weighted by Crippen LogP contribution is 2.12. The molecule has 0 radical (unpaired) electrons. The highest BCUT2D eigenvalue weighted by molar-refractivity contribution is 7.80. The number of nitrogens with zero attached hydrogens (tertiary/aromatic N) is 2. The Kier molecular flexibility index (Phi) is 7.17. The van der Waals surface area contributed by atoms with Gasteiger partial charge in [0.15, 0.2) is 5.11 Å². The lowest BCUT2D eigenvalue weighted by atomic mass is 10.2. The molecule has 6 heteroatoms. The van der Waals surface area contributed by atoms with E-state index in [1.54, 1.807) is 13.2 Å². The van der Waals surface area contributed by atoms with Crippen LogP contribution in [0.25, 0.3) is 6.08 Å². The van der Waals surface area contributed by atoms with Crippen molar-refractivity contribution in [2.24, 2.45) is 0 Å². The maximum Gasteiger partial charge on any atom is 0.250 e. The number of hydrogen-bond acceptors (Lipinski definition) is 4. The van der Waals surface area contributed by atoms with Crippen LogP contribution in [0.5, 0.6) is 5.75 Å². The molecule has 1 amide bonds. The fourth-order valence-electron chi connectivity index (χ4n) is 3.06. The van der Waals surface area contributed by atoms with Gasteiger partial charge in [0.2, 0.25) is 5.91 Å². The van der Waals surface area contributed by atoms with E-state index in [9.17, 15) is 4.79 Å². The average Bonchev–Trinajstić information content (AvgIpc) is 2.74. The van der Waals surface area contributed by atoms with E-state index in [-0.39, 0.29) is 5.91 Å². The van der Waals surface area contributed by atoms with Crippen molar-refractivity contribution >= 4 is 29.3 Å². The number of carbonyl (C=O) groups is 1. The van der Waals surface area contributed by atoms with Gasteiger partial charge in [-0.15, -0.1) is 0 Å². The summed E-state index contributed by atoms with van der Waals surface area (Å²) in [5.74, 6) is 0.571. The molecule has 0 spiro atoms. The third-order valence-electron chi connectivity index (χ3n) is 4.68. The molecule has 146 valence electrons. The number of methoxy groups -OCH3 is 1. The molecular weight excluding hydrogens is 370 g/mol. The van der Waals surface area contributed by atoms with Crippen molar-refractivity contribution in [1.82, 2.24) is 15.1 Å². The molecule has 2 aromatic carbocycles. The zero-order valence-corrected chi connectivity index (χ0v) is 16.8. The minimum atomic E-state index is -0.215. The predicted molar refractivity (Wildman–Crippen MR) is 116 cm³/mol. The molecule has 3 rings (SSSR count). The number of ether oxygens (including phenoxy) is 1. The second kappa shape index (κ2) is 10.0. The van der Waals surface area contributed by atoms with Crippen LogP contribution in [0, 0.1) is 0 Å².